The van der Waals surface area contributed by atoms with Crippen molar-refractivity contribution in [2.24, 2.45) is 0 Å². The average Bonchev–Trinajstić information content (AvgIpc) is 2.43. The average molecular weight is 275 g/mol. The molecule has 19 heavy (non-hydrogen) atoms. The predicted molar refractivity (Wildman–Crippen MR) is 59.0 cm³/mol. The molecule has 1 aromatic carbocycles. The van der Waals surface area contributed by atoms with Gasteiger partial charge in [-0.05, 0) is 18.6 Å². The van der Waals surface area contributed by atoms with Crippen LogP contribution in [0.2, 0.25) is 0 Å². The highest BCUT2D eigenvalue weighted by atomic mass is 19.2. The van der Waals surface area contributed by atoms with E-state index in [-0.39, 0.29) is 19.4 Å². The van der Waals surface area contributed by atoms with Gasteiger partial charge in [-0.1, -0.05) is 0 Å². The minimum Gasteiger partial charge on any atom is -0.355 e. The van der Waals surface area contributed by atoms with Gasteiger partial charge in [-0.25, -0.2) is 13.2 Å². The van der Waals surface area contributed by atoms with E-state index in [2.05, 4.69) is 5.32 Å². The molecule has 1 aromatic rings. The van der Waals surface area contributed by atoms with E-state index in [9.17, 15) is 18.0 Å². The quantitative estimate of drug-likeness (QED) is 0.852. The molecule has 1 N–H and O–H groups in total. The summed E-state index contributed by atoms with van der Waals surface area (Å²) in [6.45, 7) is 0.806. The largest absolute Gasteiger partial charge is 0.355 e. The van der Waals surface area contributed by atoms with Crippen LogP contribution < -0.4 is 5.32 Å². The van der Waals surface area contributed by atoms with Gasteiger partial charge in [-0.3, -0.25) is 4.79 Å². The lowest BCUT2D eigenvalue weighted by Crippen LogP contribution is -2.37. The highest BCUT2D eigenvalue weighted by molar-refractivity contribution is 5.94. The molecule has 0 spiro atoms. The zero-order valence-electron chi connectivity index (χ0n) is 9.92. The van der Waals surface area contributed by atoms with Crippen LogP contribution in [-0.4, -0.2) is 32.0 Å². The Bertz CT molecular complexity index is 476. The minimum atomic E-state index is -1.66. The second-order valence-electron chi connectivity index (χ2n) is 4.04. The lowest BCUT2D eigenvalue weighted by molar-refractivity contribution is -0.136. The summed E-state index contributed by atoms with van der Waals surface area (Å²) in [6, 6.07) is 1.60. The Morgan fingerprint density at radius 1 is 1.32 bits per heavy atom. The summed E-state index contributed by atoms with van der Waals surface area (Å²) in [4.78, 5) is 11.6. The standard InChI is InChI=1S/C12H12F3NO3/c13-9-2-1-8(10(14)11(9)15)12(17)16-5-7-3-4-18-6-19-7/h1-2,7H,3-6H2,(H,16,17)/t7-/m1/s1. The number of carbonyl (C=O) groups is 1. The molecule has 2 rings (SSSR count). The minimum absolute atomic E-state index is 0.139. The van der Waals surface area contributed by atoms with Crippen molar-refractivity contribution in [3.05, 3.63) is 35.1 Å². The van der Waals surface area contributed by atoms with Gasteiger partial charge in [-0.2, -0.15) is 0 Å². The smallest absolute Gasteiger partial charge is 0.254 e. The lowest BCUT2D eigenvalue weighted by Gasteiger charge is -2.22. The number of amides is 1. The topological polar surface area (TPSA) is 47.6 Å². The molecular weight excluding hydrogens is 263 g/mol. The fraction of sp³-hybridized carbons (Fsp3) is 0.417. The third kappa shape index (κ3) is 3.24. The molecule has 1 saturated heterocycles. The van der Waals surface area contributed by atoms with Crippen LogP contribution in [0, 0.1) is 17.5 Å². The van der Waals surface area contributed by atoms with Crippen molar-refractivity contribution < 1.29 is 27.4 Å². The lowest BCUT2D eigenvalue weighted by atomic mass is 10.1. The first kappa shape index (κ1) is 13.8. The SMILES string of the molecule is O=C(NC[C@H]1CCOCO1)c1ccc(F)c(F)c1F. The number of hydrogen-bond acceptors (Lipinski definition) is 3. The Hall–Kier alpha value is -1.60. The summed E-state index contributed by atoms with van der Waals surface area (Å²) in [6.07, 6.45) is 0.367. The number of hydrogen-bond donors (Lipinski definition) is 1. The van der Waals surface area contributed by atoms with Crippen molar-refractivity contribution in [2.75, 3.05) is 19.9 Å². The molecule has 7 heteroatoms. The van der Waals surface area contributed by atoms with Gasteiger partial charge in [-0.15, -0.1) is 0 Å². The predicted octanol–water partition coefficient (Wildman–Crippen LogP) is 1.60. The van der Waals surface area contributed by atoms with Gasteiger partial charge in [0.1, 0.15) is 6.79 Å². The van der Waals surface area contributed by atoms with Crippen LogP contribution in [0.15, 0.2) is 12.1 Å². The zero-order valence-corrected chi connectivity index (χ0v) is 9.92. The number of carbonyl (C=O) groups excluding carboxylic acids is 1. The monoisotopic (exact) mass is 275 g/mol. The van der Waals surface area contributed by atoms with E-state index in [4.69, 9.17) is 9.47 Å². The fourth-order valence-electron chi connectivity index (χ4n) is 1.67. The van der Waals surface area contributed by atoms with Gasteiger partial charge in [0.05, 0.1) is 18.3 Å². The van der Waals surface area contributed by atoms with Gasteiger partial charge in [0.25, 0.3) is 5.91 Å². The molecule has 0 bridgehead atoms. The van der Waals surface area contributed by atoms with Gasteiger partial charge in [0.15, 0.2) is 17.5 Å². The Morgan fingerprint density at radius 2 is 2.11 bits per heavy atom. The fourth-order valence-corrected chi connectivity index (χ4v) is 1.67. The van der Waals surface area contributed by atoms with Gasteiger partial charge < -0.3 is 14.8 Å². The Morgan fingerprint density at radius 3 is 2.79 bits per heavy atom. The van der Waals surface area contributed by atoms with Crippen LogP contribution in [0.5, 0.6) is 0 Å². The molecule has 1 amide bonds. The van der Waals surface area contributed by atoms with Crippen molar-refractivity contribution in [3.63, 3.8) is 0 Å². The first-order chi connectivity index (χ1) is 9.09. The van der Waals surface area contributed by atoms with Gasteiger partial charge >= 0.3 is 0 Å². The normalized spacial score (nSPS) is 19.2. The first-order valence-electron chi connectivity index (χ1n) is 5.70. The first-order valence-corrected chi connectivity index (χ1v) is 5.70. The van der Waals surface area contributed by atoms with Crippen LogP contribution >= 0.6 is 0 Å². The molecule has 1 aliphatic heterocycles. The van der Waals surface area contributed by atoms with Crippen molar-refractivity contribution in [1.29, 1.82) is 0 Å². The molecule has 1 atom stereocenters. The van der Waals surface area contributed by atoms with Crippen LogP contribution in [0.3, 0.4) is 0 Å². The molecule has 1 aliphatic rings. The van der Waals surface area contributed by atoms with E-state index < -0.39 is 28.9 Å². The Labute approximate surface area is 107 Å². The molecule has 1 fully saturated rings. The molecule has 0 aliphatic carbocycles. The van der Waals surface area contributed by atoms with Crippen LogP contribution in [0.25, 0.3) is 0 Å². The summed E-state index contributed by atoms with van der Waals surface area (Å²) in [5.74, 6) is -5.30. The molecule has 0 aromatic heterocycles. The highest BCUT2D eigenvalue weighted by Gasteiger charge is 2.20. The van der Waals surface area contributed by atoms with E-state index in [1.807, 2.05) is 0 Å². The molecular formula is C12H12F3NO3. The highest BCUT2D eigenvalue weighted by Crippen LogP contribution is 2.15. The third-order valence-corrected chi connectivity index (χ3v) is 2.74. The summed E-state index contributed by atoms with van der Waals surface area (Å²) in [5.41, 5.74) is -0.536. The zero-order chi connectivity index (χ0) is 13.8. The van der Waals surface area contributed by atoms with Gasteiger partial charge in [0, 0.05) is 6.54 Å². The van der Waals surface area contributed by atoms with Crippen LogP contribution in [-0.2, 0) is 9.47 Å². The van der Waals surface area contributed by atoms with E-state index in [1.54, 1.807) is 0 Å². The maximum atomic E-state index is 13.4. The second-order valence-corrected chi connectivity index (χ2v) is 4.04. The van der Waals surface area contributed by atoms with Gasteiger partial charge in [0.2, 0.25) is 0 Å². The molecule has 0 unspecified atom stereocenters. The summed E-state index contributed by atoms with van der Waals surface area (Å²) < 4.78 is 49.2. The molecule has 1 heterocycles. The van der Waals surface area contributed by atoms with Crippen molar-refractivity contribution in [3.8, 4) is 0 Å². The third-order valence-electron chi connectivity index (χ3n) is 2.74. The number of rotatable bonds is 3. The molecule has 0 saturated carbocycles. The van der Waals surface area contributed by atoms with E-state index in [1.165, 1.54) is 0 Å². The number of ether oxygens (including phenoxy) is 2. The van der Waals surface area contributed by atoms with Crippen LogP contribution in [0.1, 0.15) is 16.8 Å². The van der Waals surface area contributed by atoms with E-state index >= 15 is 0 Å². The molecule has 104 valence electrons. The summed E-state index contributed by atoms with van der Waals surface area (Å²) >= 11 is 0. The number of nitrogens with one attached hydrogen (secondary N) is 1. The maximum Gasteiger partial charge on any atom is 0.254 e. The van der Waals surface area contributed by atoms with Crippen molar-refractivity contribution >= 4 is 5.91 Å². The summed E-state index contributed by atoms with van der Waals surface area (Å²) in [5, 5.41) is 2.41. The molecule has 0 radical (unpaired) electrons. The maximum absolute atomic E-state index is 13.4. The second kappa shape index (κ2) is 6.03. The van der Waals surface area contributed by atoms with E-state index in [0.717, 1.165) is 6.07 Å². The number of halogens is 3. The van der Waals surface area contributed by atoms with Crippen molar-refractivity contribution in [1.82, 2.24) is 5.32 Å². The Balaban J connectivity index is 1.98. The summed E-state index contributed by atoms with van der Waals surface area (Å²) in [7, 11) is 0. The van der Waals surface area contributed by atoms with Crippen molar-refractivity contribution in [2.45, 2.75) is 12.5 Å². The Kier molecular flexibility index (Phi) is 4.39. The number of benzene rings is 1. The van der Waals surface area contributed by atoms with E-state index in [0.29, 0.717) is 19.1 Å². The van der Waals surface area contributed by atoms with Crippen LogP contribution in [0.4, 0.5) is 13.2 Å². The molecule has 4 nitrogen and oxygen atoms in total.